The number of rotatable bonds is 2. The summed E-state index contributed by atoms with van der Waals surface area (Å²) in [6, 6.07) is 0. The molecule has 1 aliphatic rings. The van der Waals surface area contributed by atoms with Crippen LogP contribution in [0.25, 0.3) is 0 Å². The van der Waals surface area contributed by atoms with E-state index in [1.807, 2.05) is 0 Å². The average Bonchev–Trinajstić information content (AvgIpc) is 3.18. The molecule has 0 radical (unpaired) electrons. The first kappa shape index (κ1) is 12.4. The van der Waals surface area contributed by atoms with Crippen molar-refractivity contribution in [1.82, 2.24) is 19.8 Å². The van der Waals surface area contributed by atoms with Crippen LogP contribution in [0.3, 0.4) is 0 Å². The van der Waals surface area contributed by atoms with Gasteiger partial charge in [-0.1, -0.05) is 0 Å². The summed E-state index contributed by atoms with van der Waals surface area (Å²) in [6.45, 7) is 1.70. The summed E-state index contributed by atoms with van der Waals surface area (Å²) < 4.78 is 9.95. The molecule has 0 bridgehead atoms. The van der Waals surface area contributed by atoms with Crippen molar-refractivity contribution in [2.24, 2.45) is 0 Å². The molecule has 1 saturated heterocycles. The largest absolute Gasteiger partial charge is 0.441 e. The highest BCUT2D eigenvalue weighted by Gasteiger charge is 2.28. The fraction of sp³-hybridized carbons (Fsp3) is 0.333. The van der Waals surface area contributed by atoms with E-state index in [2.05, 4.69) is 9.97 Å². The van der Waals surface area contributed by atoms with Gasteiger partial charge in [0, 0.05) is 26.2 Å². The van der Waals surface area contributed by atoms with Crippen LogP contribution in [0.2, 0.25) is 0 Å². The summed E-state index contributed by atoms with van der Waals surface area (Å²) in [5.74, 6) is -0.397. The van der Waals surface area contributed by atoms with Gasteiger partial charge in [0.15, 0.2) is 0 Å². The van der Waals surface area contributed by atoms with Crippen molar-refractivity contribution in [1.29, 1.82) is 0 Å². The van der Waals surface area contributed by atoms with Gasteiger partial charge in [-0.2, -0.15) is 0 Å². The standard InChI is InChI=1S/C12H12N4O4/c17-11(9-13-1-7-19-9)15-3-5-16(6-4-15)12(18)10-14-2-8-20-10/h1-2,7-8H,3-6H2. The fourth-order valence-electron chi connectivity index (χ4n) is 2.04. The normalized spacial score (nSPS) is 15.4. The van der Waals surface area contributed by atoms with Gasteiger partial charge < -0.3 is 18.6 Å². The molecule has 0 aliphatic carbocycles. The molecule has 1 aliphatic heterocycles. The van der Waals surface area contributed by atoms with E-state index in [0.717, 1.165) is 0 Å². The molecule has 0 unspecified atom stereocenters. The summed E-state index contributed by atoms with van der Waals surface area (Å²) in [5.41, 5.74) is 0. The number of nitrogens with zero attached hydrogens (tertiary/aromatic N) is 4. The molecule has 104 valence electrons. The zero-order chi connectivity index (χ0) is 13.9. The number of amides is 2. The lowest BCUT2D eigenvalue weighted by molar-refractivity contribution is 0.0493. The van der Waals surface area contributed by atoms with E-state index in [4.69, 9.17) is 8.83 Å². The third-order valence-corrected chi connectivity index (χ3v) is 3.08. The SMILES string of the molecule is O=C(c1ncco1)N1CCN(C(=O)c2ncco2)CC1. The molecule has 0 spiro atoms. The molecule has 0 N–H and O–H groups in total. The van der Waals surface area contributed by atoms with Gasteiger partial charge in [-0.05, 0) is 0 Å². The van der Waals surface area contributed by atoms with Crippen LogP contribution in [0.1, 0.15) is 21.4 Å². The molecule has 8 heteroatoms. The predicted octanol–water partition coefficient (Wildman–Crippen LogP) is 0.261. The maximum atomic E-state index is 12.0. The van der Waals surface area contributed by atoms with Crippen LogP contribution in [0, 0.1) is 0 Å². The van der Waals surface area contributed by atoms with E-state index in [0.29, 0.717) is 26.2 Å². The maximum Gasteiger partial charge on any atom is 0.309 e. The number of piperazine rings is 1. The highest BCUT2D eigenvalue weighted by molar-refractivity contribution is 5.91. The highest BCUT2D eigenvalue weighted by Crippen LogP contribution is 2.10. The molecular weight excluding hydrogens is 264 g/mol. The molecule has 3 rings (SSSR count). The van der Waals surface area contributed by atoms with Crippen LogP contribution in [0.5, 0.6) is 0 Å². The number of hydrogen-bond donors (Lipinski definition) is 0. The fourth-order valence-corrected chi connectivity index (χ4v) is 2.04. The topological polar surface area (TPSA) is 92.7 Å². The van der Waals surface area contributed by atoms with Gasteiger partial charge in [-0.25, -0.2) is 9.97 Å². The van der Waals surface area contributed by atoms with E-state index >= 15 is 0 Å². The Morgan fingerprint density at radius 2 is 1.25 bits per heavy atom. The third kappa shape index (κ3) is 2.27. The molecule has 2 aromatic heterocycles. The van der Waals surface area contributed by atoms with Crippen molar-refractivity contribution in [2.45, 2.75) is 0 Å². The van der Waals surface area contributed by atoms with Gasteiger partial charge in [0.05, 0.1) is 12.4 Å². The summed E-state index contributed by atoms with van der Waals surface area (Å²) >= 11 is 0. The highest BCUT2D eigenvalue weighted by atomic mass is 16.4. The Morgan fingerprint density at radius 3 is 1.55 bits per heavy atom. The van der Waals surface area contributed by atoms with Crippen molar-refractivity contribution in [3.8, 4) is 0 Å². The summed E-state index contributed by atoms with van der Waals surface area (Å²) in [6.07, 6.45) is 5.57. The van der Waals surface area contributed by atoms with Crippen molar-refractivity contribution in [2.75, 3.05) is 26.2 Å². The zero-order valence-electron chi connectivity index (χ0n) is 10.6. The van der Waals surface area contributed by atoms with Crippen molar-refractivity contribution in [3.63, 3.8) is 0 Å². The maximum absolute atomic E-state index is 12.0. The van der Waals surface area contributed by atoms with Gasteiger partial charge >= 0.3 is 11.8 Å². The van der Waals surface area contributed by atoms with Crippen molar-refractivity contribution >= 4 is 11.8 Å². The van der Waals surface area contributed by atoms with Gasteiger partial charge in [-0.15, -0.1) is 0 Å². The van der Waals surface area contributed by atoms with Crippen LogP contribution < -0.4 is 0 Å². The monoisotopic (exact) mass is 276 g/mol. The van der Waals surface area contributed by atoms with E-state index in [-0.39, 0.29) is 23.6 Å². The molecule has 1 fully saturated rings. The summed E-state index contributed by atoms with van der Waals surface area (Å²) in [4.78, 5) is 34.9. The minimum atomic E-state index is -0.266. The second-order valence-corrected chi connectivity index (χ2v) is 4.26. The van der Waals surface area contributed by atoms with Gasteiger partial charge in [0.2, 0.25) is 0 Å². The van der Waals surface area contributed by atoms with E-state index in [1.165, 1.54) is 24.9 Å². The Morgan fingerprint density at radius 1 is 0.850 bits per heavy atom. The zero-order valence-corrected chi connectivity index (χ0v) is 10.6. The number of carbonyl (C=O) groups is 2. The quantitative estimate of drug-likeness (QED) is 0.781. The van der Waals surface area contributed by atoms with Crippen LogP contribution >= 0.6 is 0 Å². The van der Waals surface area contributed by atoms with Gasteiger partial charge in [0.25, 0.3) is 11.8 Å². The minimum absolute atomic E-state index is 0.0671. The van der Waals surface area contributed by atoms with Crippen molar-refractivity contribution < 1.29 is 18.4 Å². The lowest BCUT2D eigenvalue weighted by Crippen LogP contribution is -2.50. The molecule has 2 aromatic rings. The number of oxazole rings is 2. The van der Waals surface area contributed by atoms with E-state index in [9.17, 15) is 9.59 Å². The average molecular weight is 276 g/mol. The Kier molecular flexibility index (Phi) is 3.20. The predicted molar refractivity (Wildman–Crippen MR) is 64.8 cm³/mol. The molecule has 0 aromatic carbocycles. The number of carbonyl (C=O) groups excluding carboxylic acids is 2. The smallest absolute Gasteiger partial charge is 0.309 e. The van der Waals surface area contributed by atoms with Crippen LogP contribution in [-0.2, 0) is 0 Å². The van der Waals surface area contributed by atoms with Crippen molar-refractivity contribution in [3.05, 3.63) is 36.7 Å². The molecule has 0 saturated carbocycles. The summed E-state index contributed by atoms with van der Waals surface area (Å²) in [7, 11) is 0. The molecule has 20 heavy (non-hydrogen) atoms. The molecule has 0 atom stereocenters. The summed E-state index contributed by atoms with van der Waals surface area (Å²) in [5, 5.41) is 0. The Balaban J connectivity index is 1.60. The van der Waals surface area contributed by atoms with E-state index in [1.54, 1.807) is 9.80 Å². The number of hydrogen-bond acceptors (Lipinski definition) is 6. The van der Waals surface area contributed by atoms with Gasteiger partial charge in [0.1, 0.15) is 12.5 Å². The second kappa shape index (κ2) is 5.16. The molecule has 2 amide bonds. The Labute approximate surface area is 114 Å². The van der Waals surface area contributed by atoms with E-state index < -0.39 is 0 Å². The van der Waals surface area contributed by atoms with Gasteiger partial charge in [-0.3, -0.25) is 9.59 Å². The first-order valence-electron chi connectivity index (χ1n) is 6.13. The Bertz CT molecular complexity index is 531. The van der Waals surface area contributed by atoms with Crippen LogP contribution in [0.4, 0.5) is 0 Å². The van der Waals surface area contributed by atoms with Crippen LogP contribution in [-0.4, -0.2) is 57.8 Å². The minimum Gasteiger partial charge on any atom is -0.441 e. The Hall–Kier alpha value is -2.64. The second-order valence-electron chi connectivity index (χ2n) is 4.26. The first-order chi connectivity index (χ1) is 9.75. The number of aromatic nitrogens is 2. The molecular formula is C12H12N4O4. The molecule has 3 heterocycles. The lowest BCUT2D eigenvalue weighted by Gasteiger charge is -2.33. The third-order valence-electron chi connectivity index (χ3n) is 3.08. The van der Waals surface area contributed by atoms with Crippen LogP contribution in [0.15, 0.2) is 33.8 Å². The lowest BCUT2D eigenvalue weighted by atomic mass is 10.3. The molecule has 8 nitrogen and oxygen atoms in total. The first-order valence-corrected chi connectivity index (χ1v) is 6.13.